The summed E-state index contributed by atoms with van der Waals surface area (Å²) in [5, 5.41) is 12.3. The van der Waals surface area contributed by atoms with Crippen LogP contribution in [0.15, 0.2) is 18.2 Å². The zero-order chi connectivity index (χ0) is 17.9. The number of benzene rings is 1. The lowest BCUT2D eigenvalue weighted by Crippen LogP contribution is -2.36. The summed E-state index contributed by atoms with van der Waals surface area (Å²) in [6.45, 7) is 3.51. The second-order valence-electron chi connectivity index (χ2n) is 7.24. The number of nitrogens with one attached hydrogen (secondary N) is 1. The first kappa shape index (κ1) is 17.5. The monoisotopic (exact) mass is 339 g/mol. The number of nitrogens with zero attached hydrogens (tertiary/aromatic N) is 2. The maximum Gasteiger partial charge on any atom is 0.254 e. The van der Waals surface area contributed by atoms with Crippen molar-refractivity contribution in [2.24, 2.45) is 5.41 Å². The van der Waals surface area contributed by atoms with Gasteiger partial charge in [-0.2, -0.15) is 5.26 Å². The van der Waals surface area contributed by atoms with Gasteiger partial charge in [0.2, 0.25) is 5.91 Å². The van der Waals surface area contributed by atoms with Crippen molar-refractivity contribution >= 4 is 17.5 Å². The van der Waals surface area contributed by atoms with Crippen LogP contribution in [0.4, 0.5) is 5.69 Å². The van der Waals surface area contributed by atoms with Crippen molar-refractivity contribution in [3.05, 3.63) is 29.3 Å². The molecule has 1 aromatic rings. The van der Waals surface area contributed by atoms with Gasteiger partial charge in [-0.25, -0.2) is 0 Å². The Bertz CT molecular complexity index is 708. The molecule has 1 saturated carbocycles. The van der Waals surface area contributed by atoms with E-state index in [1.165, 1.54) is 6.42 Å². The third-order valence-electron chi connectivity index (χ3n) is 5.47. The molecule has 2 fully saturated rings. The highest BCUT2D eigenvalue weighted by molar-refractivity contribution is 6.00. The third-order valence-corrected chi connectivity index (χ3v) is 5.47. The van der Waals surface area contributed by atoms with Crippen LogP contribution in [-0.4, -0.2) is 29.8 Å². The fourth-order valence-corrected chi connectivity index (χ4v) is 3.82. The Morgan fingerprint density at radius 2 is 1.80 bits per heavy atom. The zero-order valence-electron chi connectivity index (χ0n) is 14.8. The van der Waals surface area contributed by atoms with Crippen molar-refractivity contribution in [1.82, 2.24) is 4.90 Å². The van der Waals surface area contributed by atoms with Gasteiger partial charge in [-0.3, -0.25) is 9.59 Å². The van der Waals surface area contributed by atoms with E-state index in [4.69, 9.17) is 0 Å². The van der Waals surface area contributed by atoms with E-state index in [1.54, 1.807) is 12.1 Å². The Morgan fingerprint density at radius 3 is 2.44 bits per heavy atom. The second-order valence-corrected chi connectivity index (χ2v) is 7.24. The van der Waals surface area contributed by atoms with E-state index >= 15 is 0 Å². The molecule has 0 unspecified atom stereocenters. The van der Waals surface area contributed by atoms with Gasteiger partial charge in [-0.1, -0.05) is 18.9 Å². The number of rotatable bonds is 3. The standard InChI is InChI=1S/C20H25N3O2/c1-15-7-8-16(22-19(25)20(14-21)9-3-4-10-20)13-17(15)18(24)23-11-5-2-6-12-23/h7-8,13H,2-6,9-12H2,1H3,(H,22,25). The number of likely N-dealkylation sites (tertiary alicyclic amines) is 1. The van der Waals surface area contributed by atoms with E-state index in [0.717, 1.165) is 44.3 Å². The van der Waals surface area contributed by atoms with Crippen molar-refractivity contribution in [3.63, 3.8) is 0 Å². The van der Waals surface area contributed by atoms with Gasteiger partial charge in [-0.15, -0.1) is 0 Å². The molecule has 1 aromatic carbocycles. The molecule has 1 heterocycles. The van der Waals surface area contributed by atoms with Crippen LogP contribution in [0.3, 0.4) is 0 Å². The highest BCUT2D eigenvalue weighted by Gasteiger charge is 2.41. The summed E-state index contributed by atoms with van der Waals surface area (Å²) in [5.74, 6) is -0.211. The Labute approximate surface area is 149 Å². The molecule has 0 atom stereocenters. The van der Waals surface area contributed by atoms with Crippen LogP contribution >= 0.6 is 0 Å². The van der Waals surface area contributed by atoms with Crippen LogP contribution in [0.1, 0.15) is 60.9 Å². The first-order chi connectivity index (χ1) is 12.1. The van der Waals surface area contributed by atoms with Crippen LogP contribution in [0, 0.1) is 23.7 Å². The molecule has 0 bridgehead atoms. The van der Waals surface area contributed by atoms with E-state index in [0.29, 0.717) is 24.1 Å². The molecule has 3 rings (SSSR count). The van der Waals surface area contributed by atoms with E-state index in [9.17, 15) is 14.9 Å². The van der Waals surface area contributed by atoms with Gasteiger partial charge in [0.05, 0.1) is 6.07 Å². The molecule has 25 heavy (non-hydrogen) atoms. The fourth-order valence-electron chi connectivity index (χ4n) is 3.82. The SMILES string of the molecule is Cc1ccc(NC(=O)C2(C#N)CCCC2)cc1C(=O)N1CCCCC1. The number of carbonyl (C=O) groups is 2. The number of amides is 2. The van der Waals surface area contributed by atoms with E-state index in [2.05, 4.69) is 11.4 Å². The van der Waals surface area contributed by atoms with Crippen molar-refractivity contribution in [1.29, 1.82) is 5.26 Å². The summed E-state index contributed by atoms with van der Waals surface area (Å²) in [6, 6.07) is 7.63. The zero-order valence-corrected chi connectivity index (χ0v) is 14.8. The summed E-state index contributed by atoms with van der Waals surface area (Å²) >= 11 is 0. The lowest BCUT2D eigenvalue weighted by atomic mass is 9.87. The molecule has 1 N–H and O–H groups in total. The van der Waals surface area contributed by atoms with E-state index < -0.39 is 5.41 Å². The minimum Gasteiger partial charge on any atom is -0.339 e. The molecular formula is C20H25N3O2. The Balaban J connectivity index is 1.78. The van der Waals surface area contributed by atoms with Crippen molar-refractivity contribution < 1.29 is 9.59 Å². The maximum atomic E-state index is 12.8. The van der Waals surface area contributed by atoms with Crippen LogP contribution in [0.5, 0.6) is 0 Å². The summed E-state index contributed by atoms with van der Waals surface area (Å²) in [4.78, 5) is 27.3. The van der Waals surface area contributed by atoms with Gasteiger partial charge in [0, 0.05) is 24.3 Å². The smallest absolute Gasteiger partial charge is 0.254 e. The molecule has 0 aromatic heterocycles. The van der Waals surface area contributed by atoms with Crippen LogP contribution < -0.4 is 5.32 Å². The molecule has 0 radical (unpaired) electrons. The molecule has 132 valence electrons. The first-order valence-corrected chi connectivity index (χ1v) is 9.18. The molecule has 2 aliphatic rings. The highest BCUT2D eigenvalue weighted by atomic mass is 16.2. The molecule has 2 amide bonds. The van der Waals surface area contributed by atoms with Crippen molar-refractivity contribution in [2.75, 3.05) is 18.4 Å². The number of aryl methyl sites for hydroxylation is 1. The lowest BCUT2D eigenvalue weighted by Gasteiger charge is -2.27. The number of piperidine rings is 1. The summed E-state index contributed by atoms with van der Waals surface area (Å²) in [7, 11) is 0. The summed E-state index contributed by atoms with van der Waals surface area (Å²) in [6.07, 6.45) is 6.32. The maximum absolute atomic E-state index is 12.8. The quantitative estimate of drug-likeness (QED) is 0.913. The van der Waals surface area contributed by atoms with Gasteiger partial charge in [0.25, 0.3) is 5.91 Å². The first-order valence-electron chi connectivity index (χ1n) is 9.18. The number of nitriles is 1. The molecule has 0 spiro atoms. The summed E-state index contributed by atoms with van der Waals surface area (Å²) in [5.41, 5.74) is 1.22. The lowest BCUT2D eigenvalue weighted by molar-refractivity contribution is -0.122. The number of anilines is 1. The normalized spacial score (nSPS) is 19.3. The van der Waals surface area contributed by atoms with Gasteiger partial charge >= 0.3 is 0 Å². The predicted molar refractivity (Wildman–Crippen MR) is 96.1 cm³/mol. The van der Waals surface area contributed by atoms with E-state index in [1.807, 2.05) is 17.9 Å². The second kappa shape index (κ2) is 7.26. The topological polar surface area (TPSA) is 73.2 Å². The molecular weight excluding hydrogens is 314 g/mol. The number of carbonyl (C=O) groups excluding carboxylic acids is 2. The molecule has 5 nitrogen and oxygen atoms in total. The van der Waals surface area contributed by atoms with E-state index in [-0.39, 0.29) is 11.8 Å². The minimum absolute atomic E-state index is 0.0316. The minimum atomic E-state index is -0.915. The largest absolute Gasteiger partial charge is 0.339 e. The molecule has 1 saturated heterocycles. The van der Waals surface area contributed by atoms with Crippen molar-refractivity contribution in [3.8, 4) is 6.07 Å². The van der Waals surface area contributed by atoms with Crippen LogP contribution in [-0.2, 0) is 4.79 Å². The number of hydrogen-bond donors (Lipinski definition) is 1. The van der Waals surface area contributed by atoms with Gasteiger partial charge in [0.1, 0.15) is 5.41 Å². The highest BCUT2D eigenvalue weighted by Crippen LogP contribution is 2.38. The fraction of sp³-hybridized carbons (Fsp3) is 0.550. The van der Waals surface area contributed by atoms with Gasteiger partial charge in [-0.05, 0) is 56.7 Å². The van der Waals surface area contributed by atoms with Crippen molar-refractivity contribution in [2.45, 2.75) is 51.9 Å². The Kier molecular flexibility index (Phi) is 5.08. The molecule has 5 heteroatoms. The van der Waals surface area contributed by atoms with Crippen LogP contribution in [0.25, 0.3) is 0 Å². The van der Waals surface area contributed by atoms with Gasteiger partial charge in [0.15, 0.2) is 0 Å². The third kappa shape index (κ3) is 3.53. The predicted octanol–water partition coefficient (Wildman–Crippen LogP) is 3.64. The Hall–Kier alpha value is -2.35. The van der Waals surface area contributed by atoms with Crippen LogP contribution in [0.2, 0.25) is 0 Å². The number of hydrogen-bond acceptors (Lipinski definition) is 3. The summed E-state index contributed by atoms with van der Waals surface area (Å²) < 4.78 is 0. The molecule has 1 aliphatic carbocycles. The average molecular weight is 339 g/mol. The average Bonchev–Trinajstić information content (AvgIpc) is 3.14. The van der Waals surface area contributed by atoms with Gasteiger partial charge < -0.3 is 10.2 Å². The Morgan fingerprint density at radius 1 is 1.12 bits per heavy atom. The molecule has 1 aliphatic heterocycles.